The Morgan fingerprint density at radius 3 is 2.47 bits per heavy atom. The average Bonchev–Trinajstić information content (AvgIpc) is 2.19. The summed E-state index contributed by atoms with van der Waals surface area (Å²) in [5, 5.41) is 11.2. The van der Waals surface area contributed by atoms with Crippen LogP contribution in [0.25, 0.3) is 0 Å². The first-order valence-corrected chi connectivity index (χ1v) is 5.77. The van der Waals surface area contributed by atoms with E-state index in [0.29, 0.717) is 5.69 Å². The maximum atomic E-state index is 11.0. The highest BCUT2D eigenvalue weighted by Crippen LogP contribution is 2.33. The lowest BCUT2D eigenvalue weighted by atomic mass is 9.86. The number of nitrogens with zero attached hydrogens (tertiary/aromatic N) is 2. The highest BCUT2D eigenvalue weighted by molar-refractivity contribution is 6.30. The van der Waals surface area contributed by atoms with Gasteiger partial charge in [-0.2, -0.15) is 0 Å². The smallest absolute Gasteiger partial charge is 0.292 e. The maximum absolute atomic E-state index is 11.0. The molecular formula is C11H16ClN3O2. The van der Waals surface area contributed by atoms with Gasteiger partial charge in [0.2, 0.25) is 0 Å². The van der Waals surface area contributed by atoms with Crippen LogP contribution >= 0.6 is 11.6 Å². The minimum atomic E-state index is -0.466. The van der Waals surface area contributed by atoms with Crippen LogP contribution < -0.4 is 5.73 Å². The van der Waals surface area contributed by atoms with Gasteiger partial charge in [0.1, 0.15) is 5.69 Å². The zero-order chi connectivity index (χ0) is 13.2. The van der Waals surface area contributed by atoms with Gasteiger partial charge in [-0.1, -0.05) is 25.4 Å². The van der Waals surface area contributed by atoms with Gasteiger partial charge >= 0.3 is 0 Å². The van der Waals surface area contributed by atoms with E-state index >= 15 is 0 Å². The van der Waals surface area contributed by atoms with Gasteiger partial charge in [-0.15, -0.1) is 0 Å². The van der Waals surface area contributed by atoms with Crippen molar-refractivity contribution in [2.75, 3.05) is 0 Å². The van der Waals surface area contributed by atoms with Gasteiger partial charge < -0.3 is 5.73 Å². The molecule has 5 nitrogen and oxygen atoms in total. The standard InChI is InChI=1S/C11H16ClN3O2/c1-6(2)10(7(3)13)11-9(15(16)17)4-8(12)5-14-11/h4-7,10H,13H2,1-3H3. The van der Waals surface area contributed by atoms with E-state index in [1.807, 2.05) is 20.8 Å². The number of pyridine rings is 1. The van der Waals surface area contributed by atoms with Crippen molar-refractivity contribution in [2.45, 2.75) is 32.7 Å². The fourth-order valence-corrected chi connectivity index (χ4v) is 2.17. The molecule has 0 radical (unpaired) electrons. The second kappa shape index (κ2) is 5.42. The Bertz CT molecular complexity index is 413. The first-order valence-electron chi connectivity index (χ1n) is 5.40. The maximum Gasteiger partial charge on any atom is 0.292 e. The van der Waals surface area contributed by atoms with Gasteiger partial charge in [0, 0.05) is 24.2 Å². The summed E-state index contributed by atoms with van der Waals surface area (Å²) >= 11 is 5.73. The quantitative estimate of drug-likeness (QED) is 0.664. The van der Waals surface area contributed by atoms with E-state index in [0.717, 1.165) is 0 Å². The molecule has 0 aliphatic heterocycles. The van der Waals surface area contributed by atoms with E-state index in [1.54, 1.807) is 0 Å². The average molecular weight is 258 g/mol. The Morgan fingerprint density at radius 1 is 1.47 bits per heavy atom. The number of hydrogen-bond donors (Lipinski definition) is 1. The second-order valence-electron chi connectivity index (χ2n) is 4.44. The minimum Gasteiger partial charge on any atom is -0.327 e. The van der Waals surface area contributed by atoms with Gasteiger partial charge in [0.25, 0.3) is 5.69 Å². The summed E-state index contributed by atoms with van der Waals surface area (Å²) in [6.45, 7) is 5.76. The van der Waals surface area contributed by atoms with Crippen LogP contribution in [0.1, 0.15) is 32.4 Å². The molecule has 0 amide bonds. The van der Waals surface area contributed by atoms with Gasteiger partial charge in [-0.3, -0.25) is 15.1 Å². The van der Waals surface area contributed by atoms with E-state index in [2.05, 4.69) is 4.98 Å². The zero-order valence-electron chi connectivity index (χ0n) is 10.1. The molecule has 1 heterocycles. The van der Waals surface area contributed by atoms with E-state index in [9.17, 15) is 10.1 Å². The largest absolute Gasteiger partial charge is 0.327 e. The molecule has 1 aromatic heterocycles. The highest BCUT2D eigenvalue weighted by atomic mass is 35.5. The van der Waals surface area contributed by atoms with Gasteiger partial charge in [0.15, 0.2) is 0 Å². The SMILES string of the molecule is CC(C)C(c1ncc(Cl)cc1[N+](=O)[O-])C(C)N. The Morgan fingerprint density at radius 2 is 2.06 bits per heavy atom. The van der Waals surface area contributed by atoms with Crippen LogP contribution in [0.15, 0.2) is 12.3 Å². The summed E-state index contributed by atoms with van der Waals surface area (Å²) in [7, 11) is 0. The summed E-state index contributed by atoms with van der Waals surface area (Å²) in [5.74, 6) is 0.00930. The molecule has 2 N–H and O–H groups in total. The van der Waals surface area contributed by atoms with Crippen LogP contribution in [0.3, 0.4) is 0 Å². The monoisotopic (exact) mass is 257 g/mol. The van der Waals surface area contributed by atoms with Crippen LogP contribution in [-0.2, 0) is 0 Å². The molecular weight excluding hydrogens is 242 g/mol. The summed E-state index contributed by atoms with van der Waals surface area (Å²) in [5.41, 5.74) is 6.23. The molecule has 0 fully saturated rings. The molecule has 17 heavy (non-hydrogen) atoms. The van der Waals surface area contributed by atoms with E-state index in [-0.39, 0.29) is 28.6 Å². The molecule has 2 unspecified atom stereocenters. The molecule has 1 aromatic rings. The number of hydrogen-bond acceptors (Lipinski definition) is 4. The van der Waals surface area contributed by atoms with Crippen molar-refractivity contribution in [3.63, 3.8) is 0 Å². The third-order valence-electron chi connectivity index (χ3n) is 2.66. The van der Waals surface area contributed by atoms with Crippen molar-refractivity contribution in [1.29, 1.82) is 0 Å². The molecule has 0 aromatic carbocycles. The third kappa shape index (κ3) is 3.14. The molecule has 6 heteroatoms. The first kappa shape index (κ1) is 13.9. The molecule has 1 rings (SSSR count). The number of halogens is 1. The summed E-state index contributed by atoms with van der Waals surface area (Å²) in [6.07, 6.45) is 1.42. The Kier molecular flexibility index (Phi) is 4.42. The van der Waals surface area contributed by atoms with E-state index in [4.69, 9.17) is 17.3 Å². The molecule has 0 aliphatic carbocycles. The van der Waals surface area contributed by atoms with Crippen LogP contribution in [0.2, 0.25) is 5.02 Å². The van der Waals surface area contributed by atoms with Crippen molar-refractivity contribution in [2.24, 2.45) is 11.7 Å². The summed E-state index contributed by atoms with van der Waals surface area (Å²) < 4.78 is 0. The third-order valence-corrected chi connectivity index (χ3v) is 2.87. The molecule has 0 aliphatic rings. The molecule has 0 bridgehead atoms. The lowest BCUT2D eigenvalue weighted by Crippen LogP contribution is -2.29. The topological polar surface area (TPSA) is 82.0 Å². The second-order valence-corrected chi connectivity index (χ2v) is 4.88. The summed E-state index contributed by atoms with van der Waals surface area (Å²) in [6, 6.07) is 1.11. The number of aromatic nitrogens is 1. The number of rotatable bonds is 4. The summed E-state index contributed by atoms with van der Waals surface area (Å²) in [4.78, 5) is 14.6. The van der Waals surface area contributed by atoms with Gasteiger partial charge in [0.05, 0.1) is 9.95 Å². The number of nitro groups is 1. The molecule has 0 saturated carbocycles. The Labute approximate surface area is 105 Å². The highest BCUT2D eigenvalue weighted by Gasteiger charge is 2.29. The minimum absolute atomic E-state index is 0.0616. The Balaban J connectivity index is 3.32. The molecule has 94 valence electrons. The van der Waals surface area contributed by atoms with Crippen molar-refractivity contribution < 1.29 is 4.92 Å². The fourth-order valence-electron chi connectivity index (χ4n) is 2.01. The lowest BCUT2D eigenvalue weighted by Gasteiger charge is -2.23. The number of nitrogens with two attached hydrogens (primary N) is 1. The normalized spacial score (nSPS) is 14.7. The lowest BCUT2D eigenvalue weighted by molar-refractivity contribution is -0.386. The zero-order valence-corrected chi connectivity index (χ0v) is 10.8. The molecule has 0 saturated heterocycles. The van der Waals surface area contributed by atoms with Gasteiger partial charge in [-0.05, 0) is 12.8 Å². The van der Waals surface area contributed by atoms with Crippen molar-refractivity contribution in [3.05, 3.63) is 33.1 Å². The molecule has 0 spiro atoms. The van der Waals surface area contributed by atoms with Crippen LogP contribution in [0.4, 0.5) is 5.69 Å². The van der Waals surface area contributed by atoms with E-state index in [1.165, 1.54) is 12.3 Å². The Hall–Kier alpha value is -1.20. The van der Waals surface area contributed by atoms with Crippen LogP contribution in [0.5, 0.6) is 0 Å². The van der Waals surface area contributed by atoms with Crippen LogP contribution in [0, 0.1) is 16.0 Å². The van der Waals surface area contributed by atoms with Crippen molar-refractivity contribution in [1.82, 2.24) is 4.98 Å². The van der Waals surface area contributed by atoms with Crippen molar-refractivity contribution >= 4 is 17.3 Å². The predicted molar refractivity (Wildman–Crippen MR) is 67.1 cm³/mol. The fraction of sp³-hybridized carbons (Fsp3) is 0.545. The van der Waals surface area contributed by atoms with E-state index < -0.39 is 4.92 Å². The van der Waals surface area contributed by atoms with Crippen molar-refractivity contribution in [3.8, 4) is 0 Å². The van der Waals surface area contributed by atoms with Gasteiger partial charge in [-0.25, -0.2) is 0 Å². The predicted octanol–water partition coefficient (Wildman–Crippen LogP) is 2.73. The molecule has 2 atom stereocenters. The van der Waals surface area contributed by atoms with Crippen LogP contribution in [-0.4, -0.2) is 15.9 Å². The first-order chi connectivity index (χ1) is 7.84.